The molecule has 1 heterocycles. The van der Waals surface area contributed by atoms with Crippen molar-refractivity contribution in [1.29, 1.82) is 0 Å². The molecule has 6 nitrogen and oxygen atoms in total. The number of benzene rings is 1. The predicted molar refractivity (Wildman–Crippen MR) is 47.2 cm³/mol. The number of nitro benzene ring substituents is 1. The van der Waals surface area contributed by atoms with Gasteiger partial charge in [-0.1, -0.05) is 0 Å². The molecule has 0 saturated heterocycles. The Morgan fingerprint density at radius 3 is 2.93 bits per heavy atom. The first-order valence-corrected chi connectivity index (χ1v) is 3.91. The van der Waals surface area contributed by atoms with Gasteiger partial charge < -0.3 is 9.26 Å². The number of fused-ring (bicyclic) bond motifs is 1. The number of methoxy groups -OCH3 is 1. The van der Waals surface area contributed by atoms with Crippen molar-refractivity contribution in [2.45, 2.75) is 0 Å². The van der Waals surface area contributed by atoms with E-state index in [1.165, 1.54) is 7.11 Å². The van der Waals surface area contributed by atoms with Gasteiger partial charge in [0.1, 0.15) is 0 Å². The number of nitro groups is 1. The van der Waals surface area contributed by atoms with E-state index in [0.717, 1.165) is 12.1 Å². The average molecular weight is 212 g/mol. The summed E-state index contributed by atoms with van der Waals surface area (Å²) in [6.45, 7) is 0. The highest BCUT2D eigenvalue weighted by Gasteiger charge is 2.19. The van der Waals surface area contributed by atoms with Crippen LogP contribution in [-0.4, -0.2) is 17.2 Å². The minimum atomic E-state index is -0.966. The maximum atomic E-state index is 13.1. The van der Waals surface area contributed by atoms with Crippen LogP contribution in [0, 0.1) is 15.9 Å². The van der Waals surface area contributed by atoms with Crippen molar-refractivity contribution < 1.29 is 18.6 Å². The standard InChI is InChI=1S/C8H5FN2O4/c1-14-8-4-2-6(11(12)13)5(9)3-7(4)15-10-8/h2-3H,1H3. The normalized spacial score (nSPS) is 10.5. The third kappa shape index (κ3) is 1.37. The van der Waals surface area contributed by atoms with E-state index in [4.69, 9.17) is 9.26 Å². The van der Waals surface area contributed by atoms with Crippen LogP contribution in [0.25, 0.3) is 11.0 Å². The fourth-order valence-electron chi connectivity index (χ4n) is 1.21. The second-order valence-corrected chi connectivity index (χ2v) is 2.75. The van der Waals surface area contributed by atoms with Gasteiger partial charge in [-0.25, -0.2) is 0 Å². The number of halogens is 1. The van der Waals surface area contributed by atoms with E-state index >= 15 is 0 Å². The topological polar surface area (TPSA) is 78.4 Å². The van der Waals surface area contributed by atoms with Gasteiger partial charge in [0.05, 0.1) is 17.4 Å². The Morgan fingerprint density at radius 1 is 1.60 bits per heavy atom. The summed E-state index contributed by atoms with van der Waals surface area (Å²) < 4.78 is 22.6. The monoisotopic (exact) mass is 212 g/mol. The minimum absolute atomic E-state index is 0.0908. The molecule has 0 aliphatic rings. The molecule has 1 aromatic heterocycles. The summed E-state index contributed by atoms with van der Waals surface area (Å²) in [6.07, 6.45) is 0. The molecule has 0 bridgehead atoms. The fraction of sp³-hybridized carbons (Fsp3) is 0.125. The molecule has 0 aliphatic heterocycles. The number of hydrogen-bond acceptors (Lipinski definition) is 5. The number of aromatic nitrogens is 1. The Labute approximate surface area is 82.4 Å². The molecule has 2 aromatic rings. The Hall–Kier alpha value is -2.18. The Morgan fingerprint density at radius 2 is 2.33 bits per heavy atom. The smallest absolute Gasteiger partial charge is 0.305 e. The lowest BCUT2D eigenvalue weighted by atomic mass is 10.2. The lowest BCUT2D eigenvalue weighted by Crippen LogP contribution is -1.92. The number of nitrogens with zero attached hydrogens (tertiary/aromatic N) is 2. The van der Waals surface area contributed by atoms with E-state index in [1.54, 1.807) is 0 Å². The third-order valence-electron chi connectivity index (χ3n) is 1.90. The lowest BCUT2D eigenvalue weighted by Gasteiger charge is -1.94. The molecule has 7 heteroatoms. The lowest BCUT2D eigenvalue weighted by molar-refractivity contribution is -0.387. The second kappa shape index (κ2) is 3.19. The summed E-state index contributed by atoms with van der Waals surface area (Å²) in [7, 11) is 1.34. The van der Waals surface area contributed by atoms with Gasteiger partial charge in [0.25, 0.3) is 5.88 Å². The number of hydrogen-bond donors (Lipinski definition) is 0. The number of rotatable bonds is 2. The molecule has 0 atom stereocenters. The van der Waals surface area contributed by atoms with E-state index in [-0.39, 0.29) is 16.8 Å². The fourth-order valence-corrected chi connectivity index (χ4v) is 1.21. The first-order chi connectivity index (χ1) is 7.13. The molecule has 0 amide bonds. The molecule has 15 heavy (non-hydrogen) atoms. The van der Waals surface area contributed by atoms with Crippen LogP contribution in [0.2, 0.25) is 0 Å². The summed E-state index contributed by atoms with van der Waals surface area (Å²) >= 11 is 0. The van der Waals surface area contributed by atoms with Gasteiger partial charge in [-0.3, -0.25) is 10.1 Å². The molecular weight excluding hydrogens is 207 g/mol. The van der Waals surface area contributed by atoms with Crippen LogP contribution in [0.5, 0.6) is 5.88 Å². The molecule has 78 valence electrons. The molecule has 0 spiro atoms. The average Bonchev–Trinajstić information content (AvgIpc) is 2.58. The molecule has 0 saturated carbocycles. The van der Waals surface area contributed by atoms with Crippen molar-refractivity contribution in [3.63, 3.8) is 0 Å². The largest absolute Gasteiger partial charge is 0.478 e. The van der Waals surface area contributed by atoms with Gasteiger partial charge in [0.2, 0.25) is 5.82 Å². The van der Waals surface area contributed by atoms with Crippen molar-refractivity contribution in [1.82, 2.24) is 5.16 Å². The number of ether oxygens (including phenoxy) is 1. The molecule has 0 fully saturated rings. The van der Waals surface area contributed by atoms with Gasteiger partial charge in [0.15, 0.2) is 5.58 Å². The second-order valence-electron chi connectivity index (χ2n) is 2.75. The molecule has 1 aromatic carbocycles. The van der Waals surface area contributed by atoms with Crippen LogP contribution in [-0.2, 0) is 0 Å². The highest BCUT2D eigenvalue weighted by atomic mass is 19.1. The van der Waals surface area contributed by atoms with E-state index in [0.29, 0.717) is 0 Å². The van der Waals surface area contributed by atoms with Crippen LogP contribution in [0.4, 0.5) is 10.1 Å². The van der Waals surface area contributed by atoms with Gasteiger partial charge in [-0.2, -0.15) is 4.39 Å². The molecular formula is C8H5FN2O4. The molecule has 0 aliphatic carbocycles. The summed E-state index contributed by atoms with van der Waals surface area (Å²) in [4.78, 5) is 9.64. The summed E-state index contributed by atoms with van der Waals surface area (Å²) in [5.74, 6) is -0.876. The summed E-state index contributed by atoms with van der Waals surface area (Å²) in [5, 5.41) is 14.2. The van der Waals surface area contributed by atoms with Crippen LogP contribution in [0.3, 0.4) is 0 Å². The molecule has 2 rings (SSSR count). The zero-order valence-electron chi connectivity index (χ0n) is 7.56. The van der Waals surface area contributed by atoms with E-state index in [1.807, 2.05) is 0 Å². The van der Waals surface area contributed by atoms with Crippen LogP contribution in [0.15, 0.2) is 16.7 Å². The van der Waals surface area contributed by atoms with Crippen molar-refractivity contribution in [2.24, 2.45) is 0 Å². The highest BCUT2D eigenvalue weighted by molar-refractivity contribution is 5.84. The van der Waals surface area contributed by atoms with Crippen LogP contribution < -0.4 is 4.74 Å². The van der Waals surface area contributed by atoms with Crippen molar-refractivity contribution in [2.75, 3.05) is 7.11 Å². The van der Waals surface area contributed by atoms with Crippen molar-refractivity contribution in [3.8, 4) is 5.88 Å². The maximum Gasteiger partial charge on any atom is 0.305 e. The zero-order valence-corrected chi connectivity index (χ0v) is 7.56. The first kappa shape index (κ1) is 9.38. The van der Waals surface area contributed by atoms with Crippen LogP contribution >= 0.6 is 0 Å². The van der Waals surface area contributed by atoms with E-state index < -0.39 is 16.4 Å². The van der Waals surface area contributed by atoms with Gasteiger partial charge >= 0.3 is 5.69 Å². The molecule has 0 N–H and O–H groups in total. The summed E-state index contributed by atoms with van der Waals surface area (Å²) in [5.41, 5.74) is -0.529. The van der Waals surface area contributed by atoms with Crippen molar-refractivity contribution in [3.05, 3.63) is 28.1 Å². The molecule has 0 unspecified atom stereocenters. The maximum absolute atomic E-state index is 13.1. The highest BCUT2D eigenvalue weighted by Crippen LogP contribution is 2.30. The Kier molecular flexibility index (Phi) is 2.00. The van der Waals surface area contributed by atoms with Crippen LogP contribution in [0.1, 0.15) is 0 Å². The van der Waals surface area contributed by atoms with E-state index in [9.17, 15) is 14.5 Å². The Balaban J connectivity index is 2.75. The zero-order chi connectivity index (χ0) is 11.0. The van der Waals surface area contributed by atoms with E-state index in [2.05, 4.69) is 5.16 Å². The quantitative estimate of drug-likeness (QED) is 0.560. The summed E-state index contributed by atoms with van der Waals surface area (Å²) in [6, 6.07) is 1.93. The predicted octanol–water partition coefficient (Wildman–Crippen LogP) is 1.88. The van der Waals surface area contributed by atoms with Gasteiger partial charge in [-0.15, -0.1) is 0 Å². The van der Waals surface area contributed by atoms with Gasteiger partial charge in [-0.05, 0) is 5.16 Å². The van der Waals surface area contributed by atoms with Gasteiger partial charge in [0, 0.05) is 12.1 Å². The molecule has 0 radical (unpaired) electrons. The minimum Gasteiger partial charge on any atom is -0.478 e. The van der Waals surface area contributed by atoms with Crippen molar-refractivity contribution >= 4 is 16.7 Å². The first-order valence-electron chi connectivity index (χ1n) is 3.91. The third-order valence-corrected chi connectivity index (χ3v) is 1.90. The SMILES string of the molecule is COc1noc2cc(F)c([N+](=O)[O-])cc12. The Bertz CT molecular complexity index is 537.